The Kier molecular flexibility index (Phi) is 10.4. The van der Waals surface area contributed by atoms with Crippen molar-refractivity contribution in [3.05, 3.63) is 194 Å². The largest absolute Gasteiger partial charge is 0.309 e. The van der Waals surface area contributed by atoms with E-state index < -0.39 is 0 Å². The predicted molar refractivity (Wildman–Crippen MR) is 262 cm³/mol. The molecule has 2 nitrogen and oxygen atoms in total. The van der Waals surface area contributed by atoms with Crippen molar-refractivity contribution >= 4 is 54.4 Å². The van der Waals surface area contributed by atoms with Crippen LogP contribution in [0.3, 0.4) is 0 Å². The maximum absolute atomic E-state index is 2.47. The molecule has 292 valence electrons. The van der Waals surface area contributed by atoms with Gasteiger partial charge >= 0.3 is 0 Å². The standard InChI is InChI=1S/C52H32N2.3C2H6/c1-2-11-37(12-3-1)53-47-19-8-6-15-40(47)45-31-35(25-28-50(45)53)33-21-23-34(24-22-33)36-26-29-51-46(32-36)41-16-7-9-20-48(41)54(51)49-30-27-43-39-14-5-4-13-38(39)42-17-10-18-44(49)52(42)43;3*1-2/h1-32H;3*1-2H3. The van der Waals surface area contributed by atoms with E-state index in [2.05, 4.69) is 203 Å². The molecule has 2 heterocycles. The zero-order valence-corrected chi connectivity index (χ0v) is 35.4. The Labute approximate surface area is 353 Å². The SMILES string of the molecule is CC.CC.CC.c1ccc(-n2c3ccccc3c3cc(-c4ccc(-c5ccc6c(c5)c5ccccc5n6-c5ccc6c7c(cccc57)-c5ccccc5-6)cc4)ccc32)cc1. The first-order valence-corrected chi connectivity index (χ1v) is 21.7. The smallest absolute Gasteiger partial charge is 0.0541 e. The van der Waals surface area contributed by atoms with Crippen LogP contribution in [0.1, 0.15) is 41.5 Å². The van der Waals surface area contributed by atoms with E-state index in [0.717, 1.165) is 0 Å². The molecular weight excluding hydrogens is 725 g/mol. The molecule has 0 atom stereocenters. The first kappa shape index (κ1) is 38.4. The number of hydrogen-bond donors (Lipinski definition) is 0. The Morgan fingerprint density at radius 2 is 0.683 bits per heavy atom. The van der Waals surface area contributed by atoms with Gasteiger partial charge in [0.05, 0.1) is 27.8 Å². The van der Waals surface area contributed by atoms with Crippen LogP contribution in [0.5, 0.6) is 0 Å². The minimum absolute atomic E-state index is 1.18. The lowest BCUT2D eigenvalue weighted by molar-refractivity contribution is 1.18. The molecule has 1 aliphatic carbocycles. The van der Waals surface area contributed by atoms with Gasteiger partial charge in [0.2, 0.25) is 0 Å². The van der Waals surface area contributed by atoms with Gasteiger partial charge in [0.1, 0.15) is 0 Å². The van der Waals surface area contributed by atoms with Crippen LogP contribution in [-0.4, -0.2) is 9.13 Å². The van der Waals surface area contributed by atoms with Gasteiger partial charge in [-0.25, -0.2) is 0 Å². The van der Waals surface area contributed by atoms with Crippen molar-refractivity contribution in [3.8, 4) is 55.9 Å². The van der Waals surface area contributed by atoms with Crippen molar-refractivity contribution in [2.45, 2.75) is 41.5 Å². The van der Waals surface area contributed by atoms with Gasteiger partial charge in [0.15, 0.2) is 0 Å². The zero-order chi connectivity index (χ0) is 41.3. The Balaban J connectivity index is 0.000000740. The third-order valence-electron chi connectivity index (χ3n) is 11.7. The first-order valence-electron chi connectivity index (χ1n) is 21.7. The summed E-state index contributed by atoms with van der Waals surface area (Å²) < 4.78 is 4.84. The number of benzene rings is 9. The highest BCUT2D eigenvalue weighted by atomic mass is 15.0. The second-order valence-electron chi connectivity index (χ2n) is 14.5. The molecule has 0 N–H and O–H groups in total. The van der Waals surface area contributed by atoms with Crippen LogP contribution in [-0.2, 0) is 0 Å². The number of nitrogens with zero attached hydrogens (tertiary/aromatic N) is 2. The maximum atomic E-state index is 2.47. The fraction of sp³-hybridized carbons (Fsp3) is 0.103. The highest BCUT2D eigenvalue weighted by Gasteiger charge is 2.24. The quantitative estimate of drug-likeness (QED) is 0.169. The van der Waals surface area contributed by atoms with E-state index in [1.807, 2.05) is 41.5 Å². The number of aromatic nitrogens is 2. The Hall–Kier alpha value is -7.16. The van der Waals surface area contributed by atoms with Crippen LogP contribution < -0.4 is 0 Å². The highest BCUT2D eigenvalue weighted by Crippen LogP contribution is 2.49. The van der Waals surface area contributed by atoms with E-state index in [0.29, 0.717) is 0 Å². The molecule has 0 radical (unpaired) electrons. The van der Waals surface area contributed by atoms with Gasteiger partial charge in [0, 0.05) is 32.6 Å². The molecule has 11 aromatic rings. The van der Waals surface area contributed by atoms with E-state index in [9.17, 15) is 0 Å². The van der Waals surface area contributed by atoms with Crippen LogP contribution in [0.25, 0.3) is 110 Å². The molecule has 60 heavy (non-hydrogen) atoms. The molecule has 1 aliphatic rings. The highest BCUT2D eigenvalue weighted by molar-refractivity contribution is 6.19. The summed E-state index contributed by atoms with van der Waals surface area (Å²) in [6, 6.07) is 71.4. The van der Waals surface area contributed by atoms with Crippen molar-refractivity contribution in [1.29, 1.82) is 0 Å². The second kappa shape index (κ2) is 16.2. The van der Waals surface area contributed by atoms with Crippen molar-refractivity contribution in [1.82, 2.24) is 9.13 Å². The fourth-order valence-corrected chi connectivity index (χ4v) is 9.26. The topological polar surface area (TPSA) is 9.86 Å². The summed E-state index contributed by atoms with van der Waals surface area (Å²) in [6.45, 7) is 12.0. The van der Waals surface area contributed by atoms with Crippen LogP contribution in [0.15, 0.2) is 194 Å². The van der Waals surface area contributed by atoms with Crippen LogP contribution in [0.2, 0.25) is 0 Å². The number of fused-ring (bicyclic) bond motifs is 9. The van der Waals surface area contributed by atoms with Crippen LogP contribution >= 0.6 is 0 Å². The van der Waals surface area contributed by atoms with E-state index in [-0.39, 0.29) is 0 Å². The summed E-state index contributed by atoms with van der Waals surface area (Å²) in [5.74, 6) is 0. The first-order chi connectivity index (χ1) is 29.8. The molecule has 9 aromatic carbocycles. The van der Waals surface area contributed by atoms with E-state index in [1.54, 1.807) is 0 Å². The average Bonchev–Trinajstić information content (AvgIpc) is 3.97. The summed E-state index contributed by atoms with van der Waals surface area (Å²) in [4.78, 5) is 0. The molecule has 2 heteroatoms. The van der Waals surface area contributed by atoms with Crippen LogP contribution in [0, 0.1) is 0 Å². The number of rotatable bonds is 4. The third kappa shape index (κ3) is 6.02. The predicted octanol–water partition coefficient (Wildman–Crippen LogP) is 17.1. The third-order valence-corrected chi connectivity index (χ3v) is 11.7. The number of para-hydroxylation sites is 3. The van der Waals surface area contributed by atoms with Crippen LogP contribution in [0.4, 0.5) is 0 Å². The van der Waals surface area contributed by atoms with E-state index in [1.165, 1.54) is 110 Å². The Bertz CT molecular complexity index is 3280. The van der Waals surface area contributed by atoms with Gasteiger partial charge in [-0.3, -0.25) is 0 Å². The molecular formula is C58H50N2. The summed E-state index contributed by atoms with van der Waals surface area (Å²) in [5, 5.41) is 7.69. The van der Waals surface area contributed by atoms with Gasteiger partial charge in [-0.05, 0) is 104 Å². The lowest BCUT2D eigenvalue weighted by atomic mass is 9.98. The van der Waals surface area contributed by atoms with Crippen molar-refractivity contribution in [2.75, 3.05) is 0 Å². The lowest BCUT2D eigenvalue weighted by Crippen LogP contribution is -1.95. The second-order valence-corrected chi connectivity index (χ2v) is 14.5. The van der Waals surface area contributed by atoms with Crippen molar-refractivity contribution in [2.24, 2.45) is 0 Å². The van der Waals surface area contributed by atoms with Gasteiger partial charge in [-0.1, -0.05) is 181 Å². The number of hydrogen-bond acceptors (Lipinski definition) is 0. The minimum atomic E-state index is 1.18. The molecule has 0 unspecified atom stereocenters. The lowest BCUT2D eigenvalue weighted by Gasteiger charge is -2.13. The molecule has 0 fully saturated rings. The normalized spacial score (nSPS) is 11.2. The zero-order valence-electron chi connectivity index (χ0n) is 35.4. The molecule has 0 amide bonds. The summed E-state index contributed by atoms with van der Waals surface area (Å²) >= 11 is 0. The minimum Gasteiger partial charge on any atom is -0.309 e. The molecule has 12 rings (SSSR count). The summed E-state index contributed by atoms with van der Waals surface area (Å²) in [6.07, 6.45) is 0. The summed E-state index contributed by atoms with van der Waals surface area (Å²) in [5.41, 5.74) is 17.4. The molecule has 0 aliphatic heterocycles. The van der Waals surface area contributed by atoms with Gasteiger partial charge in [-0.2, -0.15) is 0 Å². The van der Waals surface area contributed by atoms with Gasteiger partial charge in [-0.15, -0.1) is 0 Å². The molecule has 0 saturated heterocycles. The Morgan fingerprint density at radius 3 is 1.27 bits per heavy atom. The van der Waals surface area contributed by atoms with Gasteiger partial charge in [0.25, 0.3) is 0 Å². The average molecular weight is 775 g/mol. The monoisotopic (exact) mass is 774 g/mol. The molecule has 0 saturated carbocycles. The summed E-state index contributed by atoms with van der Waals surface area (Å²) in [7, 11) is 0. The fourth-order valence-electron chi connectivity index (χ4n) is 9.26. The molecule has 2 aromatic heterocycles. The Morgan fingerprint density at radius 1 is 0.267 bits per heavy atom. The van der Waals surface area contributed by atoms with Crippen molar-refractivity contribution < 1.29 is 0 Å². The van der Waals surface area contributed by atoms with Gasteiger partial charge < -0.3 is 9.13 Å². The maximum Gasteiger partial charge on any atom is 0.0541 e. The van der Waals surface area contributed by atoms with E-state index in [4.69, 9.17) is 0 Å². The molecule has 0 bridgehead atoms. The molecule has 0 spiro atoms. The van der Waals surface area contributed by atoms with Crippen molar-refractivity contribution in [3.63, 3.8) is 0 Å². The van der Waals surface area contributed by atoms with E-state index >= 15 is 0 Å².